The molecule has 6 nitrogen and oxygen atoms in total. The molecule has 0 radical (unpaired) electrons. The first-order valence-electron chi connectivity index (χ1n) is 6.36. The van der Waals surface area contributed by atoms with Gasteiger partial charge in [-0.1, -0.05) is 0 Å². The summed E-state index contributed by atoms with van der Waals surface area (Å²) in [6.45, 7) is 0.713. The lowest BCUT2D eigenvalue weighted by Crippen LogP contribution is -2.49. The summed E-state index contributed by atoms with van der Waals surface area (Å²) in [4.78, 5) is 29.0. The molecule has 7 heteroatoms. The van der Waals surface area contributed by atoms with Crippen LogP contribution in [0.3, 0.4) is 0 Å². The predicted molar refractivity (Wildman–Crippen MR) is 65.3 cm³/mol. The summed E-state index contributed by atoms with van der Waals surface area (Å²) in [5.74, 6) is -0.0311. The zero-order valence-corrected chi connectivity index (χ0v) is 11.1. The van der Waals surface area contributed by atoms with Crippen molar-refractivity contribution in [3.63, 3.8) is 0 Å². The number of fused-ring (bicyclic) bond motifs is 1. The number of carbonyl (C=O) groups is 1. The smallest absolute Gasteiger partial charge is 0.325 e. The molecule has 1 heterocycles. The third-order valence-electron chi connectivity index (χ3n) is 4.21. The summed E-state index contributed by atoms with van der Waals surface area (Å²) in [5, 5.41) is 12.0. The number of hydrogen-bond acceptors (Lipinski definition) is 3. The second-order valence-electron chi connectivity index (χ2n) is 5.58. The topological polar surface area (TPSA) is 107 Å². The van der Waals surface area contributed by atoms with E-state index < -0.39 is 19.6 Å². The highest BCUT2D eigenvalue weighted by atomic mass is 31.2. The lowest BCUT2D eigenvalue weighted by molar-refractivity contribution is -0.141. The van der Waals surface area contributed by atoms with Gasteiger partial charge in [0.05, 0.1) is 6.16 Å². The van der Waals surface area contributed by atoms with Gasteiger partial charge in [0.15, 0.2) is 0 Å². The molecule has 0 spiro atoms. The molecule has 18 heavy (non-hydrogen) atoms. The average Bonchev–Trinajstić information content (AvgIpc) is 2.25. The van der Waals surface area contributed by atoms with E-state index in [0.29, 0.717) is 18.9 Å². The van der Waals surface area contributed by atoms with Crippen LogP contribution in [0.1, 0.15) is 25.7 Å². The molecule has 2 rings (SSSR count). The first kappa shape index (κ1) is 14.0. The highest BCUT2D eigenvalue weighted by molar-refractivity contribution is 7.51. The molecule has 1 aliphatic carbocycles. The van der Waals surface area contributed by atoms with Crippen LogP contribution in [0.4, 0.5) is 0 Å². The van der Waals surface area contributed by atoms with Gasteiger partial charge < -0.3 is 20.2 Å². The third kappa shape index (κ3) is 3.54. The largest absolute Gasteiger partial charge is 0.480 e. The predicted octanol–water partition coefficient (Wildman–Crippen LogP) is 0.643. The molecule has 2 aliphatic rings. The van der Waals surface area contributed by atoms with Crippen molar-refractivity contribution in [2.75, 3.05) is 12.7 Å². The number of aliphatic carboxylic acids is 1. The maximum absolute atomic E-state index is 11.0. The number of carboxylic acids is 1. The first-order chi connectivity index (χ1) is 8.35. The van der Waals surface area contributed by atoms with Crippen LogP contribution in [0.15, 0.2) is 0 Å². The van der Waals surface area contributed by atoms with E-state index in [1.165, 1.54) is 0 Å². The Bertz CT molecular complexity index is 368. The van der Waals surface area contributed by atoms with E-state index in [4.69, 9.17) is 14.9 Å². The maximum Gasteiger partial charge on any atom is 0.325 e. The standard InChI is InChI=1S/C11H20NO5P/c13-11(14)10-4-9-3-7(6-18(15,16)17)1-2-8(9)5-12-10/h7-10,12H,1-6H2,(H,13,14)(H2,15,16,17)/t7-,8+,9-,10+/m0/s1. The summed E-state index contributed by atoms with van der Waals surface area (Å²) in [7, 11) is -3.95. The molecular formula is C11H20NO5P. The van der Waals surface area contributed by atoms with E-state index >= 15 is 0 Å². The van der Waals surface area contributed by atoms with Gasteiger partial charge >= 0.3 is 13.6 Å². The second-order valence-corrected chi connectivity index (χ2v) is 7.28. The van der Waals surface area contributed by atoms with Crippen LogP contribution in [-0.2, 0) is 9.36 Å². The zero-order chi connectivity index (χ0) is 13.3. The molecule has 4 atom stereocenters. The molecule has 0 bridgehead atoms. The second kappa shape index (κ2) is 5.29. The lowest BCUT2D eigenvalue weighted by Gasteiger charge is -2.41. The molecule has 1 saturated carbocycles. The van der Waals surface area contributed by atoms with Crippen LogP contribution in [-0.4, -0.2) is 39.6 Å². The van der Waals surface area contributed by atoms with Crippen molar-refractivity contribution in [2.45, 2.75) is 31.7 Å². The van der Waals surface area contributed by atoms with Crippen LogP contribution in [0, 0.1) is 17.8 Å². The van der Waals surface area contributed by atoms with Gasteiger partial charge in [-0.3, -0.25) is 9.36 Å². The Labute approximate surface area is 106 Å². The minimum absolute atomic E-state index is 0.0413. The zero-order valence-electron chi connectivity index (χ0n) is 10.2. The minimum atomic E-state index is -3.95. The summed E-state index contributed by atoms with van der Waals surface area (Å²) < 4.78 is 11.0. The van der Waals surface area contributed by atoms with Gasteiger partial charge in [-0.25, -0.2) is 0 Å². The quantitative estimate of drug-likeness (QED) is 0.564. The van der Waals surface area contributed by atoms with Gasteiger partial charge in [0.25, 0.3) is 0 Å². The maximum atomic E-state index is 11.0. The molecule has 1 saturated heterocycles. The van der Waals surface area contributed by atoms with E-state index in [1.807, 2.05) is 0 Å². The Morgan fingerprint density at radius 1 is 1.22 bits per heavy atom. The number of nitrogens with one attached hydrogen (secondary N) is 1. The van der Waals surface area contributed by atoms with E-state index in [0.717, 1.165) is 19.3 Å². The van der Waals surface area contributed by atoms with E-state index in [9.17, 15) is 9.36 Å². The molecule has 0 aromatic rings. The van der Waals surface area contributed by atoms with Gasteiger partial charge in [0.2, 0.25) is 0 Å². The van der Waals surface area contributed by atoms with Crippen molar-refractivity contribution in [3.05, 3.63) is 0 Å². The molecular weight excluding hydrogens is 257 g/mol. The van der Waals surface area contributed by atoms with Gasteiger partial charge in [-0.15, -0.1) is 0 Å². The summed E-state index contributed by atoms with van der Waals surface area (Å²) in [6.07, 6.45) is 3.06. The highest BCUT2D eigenvalue weighted by Gasteiger charge is 2.38. The van der Waals surface area contributed by atoms with Crippen molar-refractivity contribution in [1.29, 1.82) is 0 Å². The van der Waals surface area contributed by atoms with Crippen molar-refractivity contribution in [1.82, 2.24) is 5.32 Å². The van der Waals surface area contributed by atoms with E-state index in [2.05, 4.69) is 5.32 Å². The highest BCUT2D eigenvalue weighted by Crippen LogP contribution is 2.45. The molecule has 0 unspecified atom stereocenters. The molecule has 0 aromatic carbocycles. The molecule has 0 aromatic heterocycles. The molecule has 4 N–H and O–H groups in total. The Hall–Kier alpha value is -0.420. The molecule has 2 fully saturated rings. The fourth-order valence-corrected chi connectivity index (χ4v) is 4.36. The fourth-order valence-electron chi connectivity index (χ4n) is 3.35. The normalized spacial score (nSPS) is 37.0. The number of hydrogen-bond donors (Lipinski definition) is 4. The van der Waals surface area contributed by atoms with Crippen molar-refractivity contribution in [3.8, 4) is 0 Å². The Morgan fingerprint density at radius 2 is 1.94 bits per heavy atom. The van der Waals surface area contributed by atoms with Crippen LogP contribution in [0.5, 0.6) is 0 Å². The number of rotatable bonds is 3. The van der Waals surface area contributed by atoms with Gasteiger partial charge in [0.1, 0.15) is 6.04 Å². The van der Waals surface area contributed by atoms with E-state index in [1.54, 1.807) is 0 Å². The third-order valence-corrected chi connectivity index (χ3v) is 5.20. The number of piperidine rings is 1. The van der Waals surface area contributed by atoms with Gasteiger partial charge in [0, 0.05) is 0 Å². The van der Waals surface area contributed by atoms with Gasteiger partial charge in [-0.2, -0.15) is 0 Å². The fraction of sp³-hybridized carbons (Fsp3) is 0.909. The summed E-state index contributed by atoms with van der Waals surface area (Å²) >= 11 is 0. The van der Waals surface area contributed by atoms with Crippen LogP contribution in [0.2, 0.25) is 0 Å². The SMILES string of the molecule is O=C(O)[C@H]1C[C@@H]2C[C@@H](CP(=O)(O)O)CC[C@@H]2CN1. The Balaban J connectivity index is 1.93. The molecule has 104 valence electrons. The lowest BCUT2D eigenvalue weighted by atomic mass is 9.70. The summed E-state index contributed by atoms with van der Waals surface area (Å²) in [6, 6.07) is -0.500. The van der Waals surface area contributed by atoms with E-state index in [-0.39, 0.29) is 18.0 Å². The molecule has 0 amide bonds. The van der Waals surface area contributed by atoms with Crippen LogP contribution >= 0.6 is 7.60 Å². The monoisotopic (exact) mass is 277 g/mol. The van der Waals surface area contributed by atoms with Crippen LogP contribution in [0.25, 0.3) is 0 Å². The number of carboxylic acid groups (broad SMARTS) is 1. The van der Waals surface area contributed by atoms with Crippen molar-refractivity contribution >= 4 is 13.6 Å². The first-order valence-corrected chi connectivity index (χ1v) is 8.15. The van der Waals surface area contributed by atoms with Crippen molar-refractivity contribution in [2.24, 2.45) is 17.8 Å². The minimum Gasteiger partial charge on any atom is -0.480 e. The Kier molecular flexibility index (Phi) is 4.11. The summed E-state index contributed by atoms with van der Waals surface area (Å²) in [5.41, 5.74) is 0. The van der Waals surface area contributed by atoms with Crippen LogP contribution < -0.4 is 5.32 Å². The average molecular weight is 277 g/mol. The molecule has 1 aliphatic heterocycles. The van der Waals surface area contributed by atoms with Crippen molar-refractivity contribution < 1.29 is 24.3 Å². The van der Waals surface area contributed by atoms with Gasteiger partial charge in [-0.05, 0) is 50.0 Å². The Morgan fingerprint density at radius 3 is 2.56 bits per heavy atom.